The summed E-state index contributed by atoms with van der Waals surface area (Å²) in [5, 5.41) is 0. The lowest BCUT2D eigenvalue weighted by atomic mass is 10.2. The molecule has 0 saturated carbocycles. The van der Waals surface area contributed by atoms with E-state index in [2.05, 4.69) is 0 Å². The van der Waals surface area contributed by atoms with Gasteiger partial charge in [0, 0.05) is 25.2 Å². The highest BCUT2D eigenvalue weighted by Crippen LogP contribution is 2.21. The molecule has 0 heterocycles. The van der Waals surface area contributed by atoms with Crippen LogP contribution in [0.2, 0.25) is 0 Å². The molecule has 0 amide bonds. The van der Waals surface area contributed by atoms with Crippen molar-refractivity contribution in [3.63, 3.8) is 0 Å². The fourth-order valence-corrected chi connectivity index (χ4v) is 3.59. The third-order valence-corrected chi connectivity index (χ3v) is 5.28. The Bertz CT molecular complexity index is 527. The van der Waals surface area contributed by atoms with Crippen LogP contribution in [-0.2, 0) is 16.6 Å². The minimum atomic E-state index is -3.60. The van der Waals surface area contributed by atoms with Crippen molar-refractivity contribution in [1.82, 2.24) is 4.31 Å². The molecule has 1 rings (SSSR count). The fraction of sp³-hybridized carbons (Fsp3) is 0.538. The third kappa shape index (κ3) is 3.32. The van der Waals surface area contributed by atoms with Gasteiger partial charge in [0.2, 0.25) is 10.0 Å². The molecule has 0 saturated heterocycles. The normalized spacial score (nSPS) is 12.4. The Morgan fingerprint density at radius 2 is 1.89 bits per heavy atom. The summed E-state index contributed by atoms with van der Waals surface area (Å²) in [6.07, 6.45) is 1.47. The molecule has 0 aliphatic heterocycles. The van der Waals surface area contributed by atoms with Gasteiger partial charge in [-0.25, -0.2) is 12.8 Å². The van der Waals surface area contributed by atoms with E-state index in [0.29, 0.717) is 0 Å². The Labute approximate surface area is 114 Å². The molecule has 19 heavy (non-hydrogen) atoms. The van der Waals surface area contributed by atoms with Gasteiger partial charge >= 0.3 is 0 Å². The molecule has 0 unspecified atom stereocenters. The van der Waals surface area contributed by atoms with Gasteiger partial charge in [0.1, 0.15) is 5.82 Å². The zero-order valence-electron chi connectivity index (χ0n) is 11.6. The molecule has 1 aromatic carbocycles. The first-order valence-corrected chi connectivity index (χ1v) is 7.79. The highest BCUT2D eigenvalue weighted by molar-refractivity contribution is 7.89. The first-order valence-electron chi connectivity index (χ1n) is 6.34. The molecule has 0 aliphatic rings. The quantitative estimate of drug-likeness (QED) is 0.872. The smallest absolute Gasteiger partial charge is 0.243 e. The van der Waals surface area contributed by atoms with Gasteiger partial charge in [-0.05, 0) is 31.0 Å². The first kappa shape index (κ1) is 16.1. The van der Waals surface area contributed by atoms with Gasteiger partial charge < -0.3 is 5.73 Å². The Balaban J connectivity index is 3.20. The lowest BCUT2D eigenvalue weighted by molar-refractivity contribution is 0.349. The topological polar surface area (TPSA) is 63.4 Å². The molecule has 0 aromatic heterocycles. The summed E-state index contributed by atoms with van der Waals surface area (Å²) in [6, 6.07) is 3.68. The average Bonchev–Trinajstić information content (AvgIpc) is 2.40. The SMILES string of the molecule is CCC(CC)N(C)S(=O)(=O)c1ccc(F)c(CN)c1. The predicted molar refractivity (Wildman–Crippen MR) is 73.6 cm³/mol. The van der Waals surface area contributed by atoms with Crippen molar-refractivity contribution in [3.05, 3.63) is 29.6 Å². The van der Waals surface area contributed by atoms with E-state index in [1.54, 1.807) is 7.05 Å². The summed E-state index contributed by atoms with van der Waals surface area (Å²) >= 11 is 0. The predicted octanol–water partition coefficient (Wildman–Crippen LogP) is 2.09. The molecule has 0 radical (unpaired) electrons. The van der Waals surface area contributed by atoms with Crippen LogP contribution in [-0.4, -0.2) is 25.8 Å². The first-order chi connectivity index (χ1) is 8.88. The number of rotatable bonds is 6. The number of nitrogens with zero attached hydrogens (tertiary/aromatic N) is 1. The minimum absolute atomic E-state index is 0.0239. The van der Waals surface area contributed by atoms with Crippen molar-refractivity contribution >= 4 is 10.0 Å². The number of sulfonamides is 1. The van der Waals surface area contributed by atoms with Gasteiger partial charge in [-0.3, -0.25) is 0 Å². The van der Waals surface area contributed by atoms with Crippen LogP contribution in [0.25, 0.3) is 0 Å². The molecule has 0 aliphatic carbocycles. The third-order valence-electron chi connectivity index (χ3n) is 3.37. The standard InChI is InChI=1S/C13H21FN2O2S/c1-4-11(5-2)16(3)19(17,18)12-6-7-13(14)10(8-12)9-15/h6-8,11H,4-5,9,15H2,1-3H3. The molecule has 0 bridgehead atoms. The van der Waals surface area contributed by atoms with Gasteiger partial charge in [0.15, 0.2) is 0 Å². The van der Waals surface area contributed by atoms with E-state index in [1.807, 2.05) is 13.8 Å². The van der Waals surface area contributed by atoms with Gasteiger partial charge in [-0.2, -0.15) is 4.31 Å². The van der Waals surface area contributed by atoms with Crippen LogP contribution in [0.5, 0.6) is 0 Å². The van der Waals surface area contributed by atoms with Crippen molar-refractivity contribution in [3.8, 4) is 0 Å². The van der Waals surface area contributed by atoms with Crippen molar-refractivity contribution in [2.45, 2.75) is 44.2 Å². The van der Waals surface area contributed by atoms with E-state index in [9.17, 15) is 12.8 Å². The van der Waals surface area contributed by atoms with Crippen LogP contribution >= 0.6 is 0 Å². The number of hydrogen-bond donors (Lipinski definition) is 1. The van der Waals surface area contributed by atoms with Crippen molar-refractivity contribution in [2.24, 2.45) is 5.73 Å². The zero-order valence-corrected chi connectivity index (χ0v) is 12.4. The summed E-state index contributed by atoms with van der Waals surface area (Å²) in [5.41, 5.74) is 5.61. The molecule has 2 N–H and O–H groups in total. The lowest BCUT2D eigenvalue weighted by Crippen LogP contribution is -2.36. The number of hydrogen-bond acceptors (Lipinski definition) is 3. The average molecular weight is 288 g/mol. The molecular formula is C13H21FN2O2S. The molecule has 4 nitrogen and oxygen atoms in total. The van der Waals surface area contributed by atoms with E-state index in [4.69, 9.17) is 5.73 Å². The van der Waals surface area contributed by atoms with Crippen LogP contribution in [0.4, 0.5) is 4.39 Å². The molecule has 108 valence electrons. The second-order valence-corrected chi connectivity index (χ2v) is 6.45. The van der Waals surface area contributed by atoms with E-state index in [0.717, 1.165) is 18.9 Å². The molecule has 0 atom stereocenters. The van der Waals surface area contributed by atoms with Crippen LogP contribution in [0, 0.1) is 5.82 Å². The van der Waals surface area contributed by atoms with Crippen LogP contribution < -0.4 is 5.73 Å². The molecular weight excluding hydrogens is 267 g/mol. The number of halogens is 1. The monoisotopic (exact) mass is 288 g/mol. The van der Waals surface area contributed by atoms with Crippen LogP contribution in [0.3, 0.4) is 0 Å². The Kier molecular flexibility index (Phi) is 5.46. The minimum Gasteiger partial charge on any atom is -0.326 e. The molecule has 0 spiro atoms. The van der Waals surface area contributed by atoms with E-state index in [-0.39, 0.29) is 23.0 Å². The van der Waals surface area contributed by atoms with Crippen molar-refractivity contribution in [1.29, 1.82) is 0 Å². The highest BCUT2D eigenvalue weighted by atomic mass is 32.2. The molecule has 1 aromatic rings. The highest BCUT2D eigenvalue weighted by Gasteiger charge is 2.26. The van der Waals surface area contributed by atoms with Crippen molar-refractivity contribution < 1.29 is 12.8 Å². The van der Waals surface area contributed by atoms with Crippen LogP contribution in [0.15, 0.2) is 23.1 Å². The second-order valence-electron chi connectivity index (χ2n) is 4.45. The Hall–Kier alpha value is -0.980. The van der Waals surface area contributed by atoms with E-state index in [1.165, 1.54) is 16.4 Å². The summed E-state index contributed by atoms with van der Waals surface area (Å²) in [5.74, 6) is -0.480. The molecule has 6 heteroatoms. The summed E-state index contributed by atoms with van der Waals surface area (Å²) in [4.78, 5) is 0.0868. The number of nitrogens with two attached hydrogens (primary N) is 1. The Morgan fingerprint density at radius 3 is 2.37 bits per heavy atom. The van der Waals surface area contributed by atoms with Crippen molar-refractivity contribution in [2.75, 3.05) is 7.05 Å². The maximum atomic E-state index is 13.4. The van der Waals surface area contributed by atoms with Gasteiger partial charge in [-0.15, -0.1) is 0 Å². The van der Waals surface area contributed by atoms with Gasteiger partial charge in [0.25, 0.3) is 0 Å². The van der Waals surface area contributed by atoms with Gasteiger partial charge in [-0.1, -0.05) is 13.8 Å². The van der Waals surface area contributed by atoms with Gasteiger partial charge in [0.05, 0.1) is 4.90 Å². The summed E-state index contributed by atoms with van der Waals surface area (Å²) < 4.78 is 39.6. The summed E-state index contributed by atoms with van der Waals surface area (Å²) in [6.45, 7) is 3.86. The molecule has 0 fully saturated rings. The van der Waals surface area contributed by atoms with E-state index >= 15 is 0 Å². The fourth-order valence-electron chi connectivity index (χ4n) is 2.03. The Morgan fingerprint density at radius 1 is 1.32 bits per heavy atom. The zero-order chi connectivity index (χ0) is 14.6. The maximum absolute atomic E-state index is 13.4. The lowest BCUT2D eigenvalue weighted by Gasteiger charge is -2.25. The van der Waals surface area contributed by atoms with E-state index < -0.39 is 15.8 Å². The largest absolute Gasteiger partial charge is 0.326 e. The van der Waals surface area contributed by atoms with Crippen LogP contribution in [0.1, 0.15) is 32.3 Å². The second kappa shape index (κ2) is 6.45. The maximum Gasteiger partial charge on any atom is 0.243 e. The summed E-state index contributed by atoms with van der Waals surface area (Å²) in [7, 11) is -2.05. The number of benzene rings is 1.